The van der Waals surface area contributed by atoms with E-state index in [1.54, 1.807) is 0 Å². The molecular formula is C8H8F3NO2. The molecule has 1 aromatic heterocycles. The third-order valence-corrected chi connectivity index (χ3v) is 1.64. The molecule has 78 valence electrons. The summed E-state index contributed by atoms with van der Waals surface area (Å²) in [6.45, 7) is -0.772. The Labute approximate surface area is 78.2 Å². The van der Waals surface area contributed by atoms with Gasteiger partial charge in [0.1, 0.15) is 11.3 Å². The highest BCUT2D eigenvalue weighted by Crippen LogP contribution is 2.37. The minimum absolute atomic E-state index is 0.337. The van der Waals surface area contributed by atoms with Crippen LogP contribution in [0.2, 0.25) is 0 Å². The van der Waals surface area contributed by atoms with Crippen molar-refractivity contribution in [3.63, 3.8) is 0 Å². The Morgan fingerprint density at radius 2 is 2.14 bits per heavy atom. The van der Waals surface area contributed by atoms with Crippen molar-refractivity contribution in [3.05, 3.63) is 23.5 Å². The number of rotatable bonds is 2. The first-order valence-electron chi connectivity index (χ1n) is 3.70. The molecular weight excluding hydrogens is 199 g/mol. The Balaban J connectivity index is 3.34. The standard InChI is InChI=1S/C8H8F3NO2/c1-14-6-2-3-12-5(4-13)7(6)8(9,10)11/h2-3,13H,4H2,1H3. The Bertz CT molecular complexity index is 303. The molecule has 1 aromatic rings. The Kier molecular flexibility index (Phi) is 2.95. The molecule has 0 aliphatic rings. The van der Waals surface area contributed by atoms with Gasteiger partial charge >= 0.3 is 6.18 Å². The van der Waals surface area contributed by atoms with Crippen molar-refractivity contribution in [2.75, 3.05) is 7.11 Å². The molecule has 0 atom stereocenters. The molecule has 0 spiro atoms. The van der Waals surface area contributed by atoms with Crippen molar-refractivity contribution in [2.24, 2.45) is 0 Å². The predicted octanol–water partition coefficient (Wildman–Crippen LogP) is 1.60. The molecule has 6 heteroatoms. The van der Waals surface area contributed by atoms with Crippen LogP contribution in [0.15, 0.2) is 12.3 Å². The summed E-state index contributed by atoms with van der Waals surface area (Å²) < 4.78 is 41.9. The minimum atomic E-state index is -4.57. The number of aliphatic hydroxyl groups excluding tert-OH is 1. The molecule has 0 aliphatic heterocycles. The van der Waals surface area contributed by atoms with E-state index in [9.17, 15) is 13.2 Å². The van der Waals surface area contributed by atoms with Gasteiger partial charge in [0.25, 0.3) is 0 Å². The Hall–Kier alpha value is -1.30. The fourth-order valence-electron chi connectivity index (χ4n) is 1.08. The maximum absolute atomic E-state index is 12.5. The topological polar surface area (TPSA) is 42.4 Å². The van der Waals surface area contributed by atoms with Crippen LogP contribution in [-0.4, -0.2) is 17.2 Å². The van der Waals surface area contributed by atoms with Crippen LogP contribution in [0.4, 0.5) is 13.2 Å². The van der Waals surface area contributed by atoms with E-state index in [1.807, 2.05) is 0 Å². The Morgan fingerprint density at radius 1 is 1.50 bits per heavy atom. The van der Waals surface area contributed by atoms with Gasteiger partial charge in [0.2, 0.25) is 0 Å². The largest absolute Gasteiger partial charge is 0.496 e. The van der Waals surface area contributed by atoms with Gasteiger partial charge in [-0.1, -0.05) is 0 Å². The van der Waals surface area contributed by atoms with E-state index in [2.05, 4.69) is 9.72 Å². The van der Waals surface area contributed by atoms with Crippen LogP contribution in [0.5, 0.6) is 5.75 Å². The Morgan fingerprint density at radius 3 is 2.57 bits per heavy atom. The van der Waals surface area contributed by atoms with Gasteiger partial charge in [-0.3, -0.25) is 4.98 Å². The average Bonchev–Trinajstić information content (AvgIpc) is 2.15. The maximum atomic E-state index is 12.5. The van der Waals surface area contributed by atoms with Gasteiger partial charge in [-0.2, -0.15) is 13.2 Å². The zero-order chi connectivity index (χ0) is 10.8. The number of methoxy groups -OCH3 is 1. The van der Waals surface area contributed by atoms with Crippen LogP contribution < -0.4 is 4.74 Å². The lowest BCUT2D eigenvalue weighted by molar-refractivity contribution is -0.140. The molecule has 0 saturated carbocycles. The molecule has 0 amide bonds. The molecule has 0 radical (unpaired) electrons. The van der Waals surface area contributed by atoms with E-state index in [0.717, 1.165) is 19.4 Å². The number of nitrogens with zero attached hydrogens (tertiary/aromatic N) is 1. The lowest BCUT2D eigenvalue weighted by Crippen LogP contribution is -2.12. The number of alkyl halides is 3. The van der Waals surface area contributed by atoms with Crippen LogP contribution in [0, 0.1) is 0 Å². The summed E-state index contributed by atoms with van der Waals surface area (Å²) in [6, 6.07) is 1.10. The van der Waals surface area contributed by atoms with E-state index in [0.29, 0.717) is 0 Å². The lowest BCUT2D eigenvalue weighted by atomic mass is 10.1. The molecule has 3 nitrogen and oxygen atoms in total. The highest BCUT2D eigenvalue weighted by atomic mass is 19.4. The third-order valence-electron chi connectivity index (χ3n) is 1.64. The normalized spacial score (nSPS) is 11.5. The summed E-state index contributed by atoms with van der Waals surface area (Å²) in [4.78, 5) is 3.42. The van der Waals surface area contributed by atoms with Gasteiger partial charge < -0.3 is 9.84 Å². The lowest BCUT2D eigenvalue weighted by Gasteiger charge is -2.13. The SMILES string of the molecule is COc1ccnc(CO)c1C(F)(F)F. The molecule has 0 fully saturated rings. The molecule has 0 bridgehead atoms. The fraction of sp³-hybridized carbons (Fsp3) is 0.375. The van der Waals surface area contributed by atoms with Crippen molar-refractivity contribution >= 4 is 0 Å². The van der Waals surface area contributed by atoms with Gasteiger partial charge in [0, 0.05) is 6.20 Å². The van der Waals surface area contributed by atoms with Crippen LogP contribution >= 0.6 is 0 Å². The number of aliphatic hydroxyl groups is 1. The first kappa shape index (κ1) is 10.8. The summed E-state index contributed by atoms with van der Waals surface area (Å²) in [6.07, 6.45) is -3.42. The number of ether oxygens (including phenoxy) is 1. The van der Waals surface area contributed by atoms with Gasteiger partial charge in [-0.25, -0.2) is 0 Å². The average molecular weight is 207 g/mol. The molecule has 0 aliphatic carbocycles. The van der Waals surface area contributed by atoms with Crippen molar-refractivity contribution in [3.8, 4) is 5.75 Å². The second-order valence-electron chi connectivity index (χ2n) is 2.49. The third kappa shape index (κ3) is 1.95. The highest BCUT2D eigenvalue weighted by Gasteiger charge is 2.37. The molecule has 1 N–H and O–H groups in total. The van der Waals surface area contributed by atoms with Crippen LogP contribution in [0.25, 0.3) is 0 Å². The number of pyridine rings is 1. The van der Waals surface area contributed by atoms with Crippen molar-refractivity contribution < 1.29 is 23.0 Å². The molecule has 1 rings (SSSR count). The van der Waals surface area contributed by atoms with Crippen molar-refractivity contribution in [1.82, 2.24) is 4.98 Å². The first-order valence-corrected chi connectivity index (χ1v) is 3.70. The van der Waals surface area contributed by atoms with E-state index < -0.39 is 24.0 Å². The van der Waals surface area contributed by atoms with Crippen LogP contribution in [0.1, 0.15) is 11.3 Å². The van der Waals surface area contributed by atoms with E-state index >= 15 is 0 Å². The van der Waals surface area contributed by atoms with E-state index in [4.69, 9.17) is 5.11 Å². The number of aromatic nitrogens is 1. The van der Waals surface area contributed by atoms with Crippen molar-refractivity contribution in [1.29, 1.82) is 0 Å². The summed E-state index contributed by atoms with van der Waals surface area (Å²) in [5, 5.41) is 8.68. The fourth-order valence-corrected chi connectivity index (χ4v) is 1.08. The summed E-state index contributed by atoms with van der Waals surface area (Å²) in [7, 11) is 1.13. The summed E-state index contributed by atoms with van der Waals surface area (Å²) in [5.74, 6) is -0.337. The zero-order valence-corrected chi connectivity index (χ0v) is 7.30. The molecule has 14 heavy (non-hydrogen) atoms. The molecule has 0 unspecified atom stereocenters. The zero-order valence-electron chi connectivity index (χ0n) is 7.30. The van der Waals surface area contributed by atoms with Crippen molar-refractivity contribution in [2.45, 2.75) is 12.8 Å². The van der Waals surface area contributed by atoms with E-state index in [1.165, 1.54) is 0 Å². The predicted molar refractivity (Wildman–Crippen MR) is 41.7 cm³/mol. The number of halogens is 3. The molecule has 1 heterocycles. The van der Waals surface area contributed by atoms with Gasteiger partial charge in [-0.05, 0) is 6.07 Å². The monoisotopic (exact) mass is 207 g/mol. The second-order valence-corrected chi connectivity index (χ2v) is 2.49. The smallest absolute Gasteiger partial charge is 0.421 e. The van der Waals surface area contributed by atoms with Gasteiger partial charge in [0.05, 0.1) is 19.4 Å². The van der Waals surface area contributed by atoms with Gasteiger partial charge in [-0.15, -0.1) is 0 Å². The highest BCUT2D eigenvalue weighted by molar-refractivity contribution is 5.37. The van der Waals surface area contributed by atoms with Crippen LogP contribution in [-0.2, 0) is 12.8 Å². The summed E-state index contributed by atoms with van der Waals surface area (Å²) in [5.41, 5.74) is -1.46. The maximum Gasteiger partial charge on any atom is 0.421 e. The quantitative estimate of drug-likeness (QED) is 0.800. The van der Waals surface area contributed by atoms with Crippen LogP contribution in [0.3, 0.4) is 0 Å². The van der Waals surface area contributed by atoms with Gasteiger partial charge in [0.15, 0.2) is 0 Å². The minimum Gasteiger partial charge on any atom is -0.496 e. The summed E-state index contributed by atoms with van der Waals surface area (Å²) >= 11 is 0. The van der Waals surface area contributed by atoms with E-state index in [-0.39, 0.29) is 5.75 Å². The second kappa shape index (κ2) is 3.83. The molecule has 0 aromatic carbocycles. The number of hydrogen-bond acceptors (Lipinski definition) is 3. The first-order chi connectivity index (χ1) is 6.50. The molecule has 0 saturated heterocycles. The number of hydrogen-bond donors (Lipinski definition) is 1.